The molecule has 1 aromatic heterocycles. The fourth-order valence-electron chi connectivity index (χ4n) is 2.14. The molecule has 1 fully saturated rings. The van der Waals surface area contributed by atoms with Gasteiger partial charge in [-0.2, -0.15) is 5.10 Å². The number of carbonyl (C=O) groups excluding carboxylic acids is 1. The molecule has 2 N–H and O–H groups in total. The van der Waals surface area contributed by atoms with Crippen molar-refractivity contribution in [1.82, 2.24) is 15.1 Å². The normalized spacial score (nSPS) is 14.0. The second-order valence-electron chi connectivity index (χ2n) is 5.39. The number of anilines is 1. The topological polar surface area (TPSA) is 59.0 Å². The molecule has 1 heterocycles. The third kappa shape index (κ3) is 3.62. The minimum atomic E-state index is 0.0138. The Balaban J connectivity index is 1.60. The lowest BCUT2D eigenvalue weighted by atomic mass is 10.2. The molecule has 1 saturated carbocycles. The Kier molecular flexibility index (Phi) is 3.90. The molecule has 0 aliphatic heterocycles. The molecule has 3 rings (SSSR count). The molecule has 0 saturated heterocycles. The van der Waals surface area contributed by atoms with E-state index in [4.69, 9.17) is 0 Å². The van der Waals surface area contributed by atoms with Crippen molar-refractivity contribution in [3.8, 4) is 0 Å². The van der Waals surface area contributed by atoms with E-state index in [0.717, 1.165) is 30.6 Å². The van der Waals surface area contributed by atoms with E-state index >= 15 is 0 Å². The highest BCUT2D eigenvalue weighted by Crippen LogP contribution is 2.20. The summed E-state index contributed by atoms with van der Waals surface area (Å²) in [7, 11) is 0. The maximum Gasteiger partial charge on any atom is 0.251 e. The van der Waals surface area contributed by atoms with Gasteiger partial charge in [0.25, 0.3) is 5.91 Å². The second kappa shape index (κ2) is 5.99. The molecule has 0 unspecified atom stereocenters. The van der Waals surface area contributed by atoms with E-state index < -0.39 is 0 Å². The number of aryl methyl sites for hydroxylation is 1. The van der Waals surface area contributed by atoms with Crippen LogP contribution in [0.4, 0.5) is 5.69 Å². The van der Waals surface area contributed by atoms with Crippen LogP contribution in [0.25, 0.3) is 0 Å². The van der Waals surface area contributed by atoms with E-state index in [1.165, 1.54) is 0 Å². The largest absolute Gasteiger partial charge is 0.381 e. The van der Waals surface area contributed by atoms with Crippen molar-refractivity contribution in [3.05, 3.63) is 47.8 Å². The SMILES string of the molecule is CCn1cc(CNc2cccc(C(=O)NC3CC3)c2)cn1. The summed E-state index contributed by atoms with van der Waals surface area (Å²) >= 11 is 0. The number of hydrogen-bond donors (Lipinski definition) is 2. The second-order valence-corrected chi connectivity index (χ2v) is 5.39. The maximum absolute atomic E-state index is 12.0. The molecule has 1 aliphatic rings. The molecule has 2 aromatic rings. The average Bonchev–Trinajstić information content (AvgIpc) is 3.20. The number of aromatic nitrogens is 2. The zero-order chi connectivity index (χ0) is 14.7. The number of nitrogens with one attached hydrogen (secondary N) is 2. The molecule has 0 radical (unpaired) electrons. The van der Waals surface area contributed by atoms with Crippen LogP contribution in [0.1, 0.15) is 35.7 Å². The minimum Gasteiger partial charge on any atom is -0.381 e. The van der Waals surface area contributed by atoms with Crippen molar-refractivity contribution in [1.29, 1.82) is 0 Å². The van der Waals surface area contributed by atoms with E-state index in [2.05, 4.69) is 22.7 Å². The molecular formula is C16H20N4O. The predicted octanol–water partition coefficient (Wildman–Crippen LogP) is 2.41. The first kappa shape index (κ1) is 13.7. The lowest BCUT2D eigenvalue weighted by molar-refractivity contribution is 0.0951. The molecule has 21 heavy (non-hydrogen) atoms. The van der Waals surface area contributed by atoms with Crippen molar-refractivity contribution < 1.29 is 4.79 Å². The Morgan fingerprint density at radius 3 is 3.00 bits per heavy atom. The van der Waals surface area contributed by atoms with Crippen LogP contribution in [0.5, 0.6) is 0 Å². The molecule has 1 aromatic carbocycles. The smallest absolute Gasteiger partial charge is 0.251 e. The number of amides is 1. The Hall–Kier alpha value is -2.30. The summed E-state index contributed by atoms with van der Waals surface area (Å²) in [6, 6.07) is 7.99. The van der Waals surface area contributed by atoms with Crippen LogP contribution < -0.4 is 10.6 Å². The Morgan fingerprint density at radius 2 is 2.29 bits per heavy atom. The summed E-state index contributed by atoms with van der Waals surface area (Å²) in [4.78, 5) is 12.0. The van der Waals surface area contributed by atoms with Gasteiger partial charge in [0.05, 0.1) is 6.20 Å². The van der Waals surface area contributed by atoms with Crippen LogP contribution in [0.15, 0.2) is 36.7 Å². The highest BCUT2D eigenvalue weighted by atomic mass is 16.1. The lowest BCUT2D eigenvalue weighted by Gasteiger charge is -2.08. The summed E-state index contributed by atoms with van der Waals surface area (Å²) < 4.78 is 1.90. The number of rotatable bonds is 6. The van der Waals surface area contributed by atoms with Gasteiger partial charge in [0.1, 0.15) is 0 Å². The fraction of sp³-hybridized carbons (Fsp3) is 0.375. The van der Waals surface area contributed by atoms with E-state index in [1.807, 2.05) is 41.3 Å². The van der Waals surface area contributed by atoms with Crippen LogP contribution in [-0.4, -0.2) is 21.7 Å². The van der Waals surface area contributed by atoms with Crippen molar-refractivity contribution in [2.75, 3.05) is 5.32 Å². The van der Waals surface area contributed by atoms with Gasteiger partial charge in [-0.25, -0.2) is 0 Å². The van der Waals surface area contributed by atoms with Crippen molar-refractivity contribution in [2.45, 2.75) is 38.9 Å². The van der Waals surface area contributed by atoms with E-state index in [1.54, 1.807) is 0 Å². The van der Waals surface area contributed by atoms with Gasteiger partial charge in [0.2, 0.25) is 0 Å². The quantitative estimate of drug-likeness (QED) is 0.856. The van der Waals surface area contributed by atoms with Gasteiger partial charge in [0, 0.05) is 42.1 Å². The summed E-state index contributed by atoms with van der Waals surface area (Å²) in [6.07, 6.45) is 6.09. The van der Waals surface area contributed by atoms with Gasteiger partial charge >= 0.3 is 0 Å². The zero-order valence-electron chi connectivity index (χ0n) is 12.2. The Labute approximate surface area is 124 Å². The summed E-state index contributed by atoms with van der Waals surface area (Å²) in [6.45, 7) is 3.64. The molecule has 0 spiro atoms. The molecule has 110 valence electrons. The van der Waals surface area contributed by atoms with Crippen LogP contribution in [0.3, 0.4) is 0 Å². The van der Waals surface area contributed by atoms with E-state index in [-0.39, 0.29) is 5.91 Å². The third-order valence-electron chi connectivity index (χ3n) is 3.54. The first-order valence-corrected chi connectivity index (χ1v) is 7.40. The molecule has 1 amide bonds. The molecule has 0 atom stereocenters. The van der Waals surface area contributed by atoms with Crippen LogP contribution in [0, 0.1) is 0 Å². The fourth-order valence-corrected chi connectivity index (χ4v) is 2.14. The average molecular weight is 284 g/mol. The summed E-state index contributed by atoms with van der Waals surface area (Å²) in [5, 5.41) is 10.6. The lowest BCUT2D eigenvalue weighted by Crippen LogP contribution is -2.25. The van der Waals surface area contributed by atoms with Crippen LogP contribution in [-0.2, 0) is 13.1 Å². The van der Waals surface area contributed by atoms with Crippen molar-refractivity contribution in [2.24, 2.45) is 0 Å². The van der Waals surface area contributed by atoms with Gasteiger partial charge in [-0.15, -0.1) is 0 Å². The third-order valence-corrected chi connectivity index (χ3v) is 3.54. The van der Waals surface area contributed by atoms with Gasteiger partial charge < -0.3 is 10.6 Å². The first-order chi connectivity index (χ1) is 10.2. The molecule has 5 nitrogen and oxygen atoms in total. The van der Waals surface area contributed by atoms with Crippen LogP contribution >= 0.6 is 0 Å². The molecule has 0 bridgehead atoms. The number of carbonyl (C=O) groups is 1. The molecular weight excluding hydrogens is 264 g/mol. The first-order valence-electron chi connectivity index (χ1n) is 7.40. The number of benzene rings is 1. The summed E-state index contributed by atoms with van der Waals surface area (Å²) in [5.74, 6) is 0.0138. The standard InChI is InChI=1S/C16H20N4O/c1-2-20-11-12(10-18-20)9-17-15-5-3-4-13(8-15)16(21)19-14-6-7-14/h3-5,8,10-11,14,17H,2,6-7,9H2,1H3,(H,19,21). The van der Waals surface area contributed by atoms with Gasteiger partial charge in [-0.05, 0) is 38.0 Å². The Morgan fingerprint density at radius 1 is 1.43 bits per heavy atom. The maximum atomic E-state index is 12.0. The number of hydrogen-bond acceptors (Lipinski definition) is 3. The van der Waals surface area contributed by atoms with E-state index in [0.29, 0.717) is 18.2 Å². The van der Waals surface area contributed by atoms with Crippen molar-refractivity contribution in [3.63, 3.8) is 0 Å². The molecule has 5 heteroatoms. The molecule has 1 aliphatic carbocycles. The van der Waals surface area contributed by atoms with Crippen molar-refractivity contribution >= 4 is 11.6 Å². The monoisotopic (exact) mass is 284 g/mol. The zero-order valence-corrected chi connectivity index (χ0v) is 12.2. The van der Waals surface area contributed by atoms with Gasteiger partial charge in [-0.1, -0.05) is 6.07 Å². The van der Waals surface area contributed by atoms with Gasteiger partial charge in [-0.3, -0.25) is 9.48 Å². The Bertz CT molecular complexity index is 631. The minimum absolute atomic E-state index is 0.0138. The highest BCUT2D eigenvalue weighted by molar-refractivity contribution is 5.95. The highest BCUT2D eigenvalue weighted by Gasteiger charge is 2.23. The summed E-state index contributed by atoms with van der Waals surface area (Å²) in [5.41, 5.74) is 2.78. The number of nitrogens with zero attached hydrogens (tertiary/aromatic N) is 2. The van der Waals surface area contributed by atoms with Gasteiger partial charge in [0.15, 0.2) is 0 Å². The van der Waals surface area contributed by atoms with E-state index in [9.17, 15) is 4.79 Å². The predicted molar refractivity (Wildman–Crippen MR) is 82.2 cm³/mol. The van der Waals surface area contributed by atoms with Crippen LogP contribution in [0.2, 0.25) is 0 Å².